The Labute approximate surface area is 125 Å². The van der Waals surface area contributed by atoms with E-state index >= 15 is 0 Å². The molecule has 1 aromatic heterocycles. The maximum absolute atomic E-state index is 10.4. The molecule has 2 aromatic rings. The molecule has 21 heavy (non-hydrogen) atoms. The third-order valence-electron chi connectivity index (χ3n) is 3.58. The van der Waals surface area contributed by atoms with Crippen molar-refractivity contribution in [3.05, 3.63) is 35.5 Å². The number of aromatic nitrogens is 2. The van der Waals surface area contributed by atoms with Crippen LogP contribution in [0.3, 0.4) is 0 Å². The molecule has 0 amide bonds. The Morgan fingerprint density at radius 1 is 1.24 bits per heavy atom. The van der Waals surface area contributed by atoms with E-state index in [0.29, 0.717) is 17.1 Å². The summed E-state index contributed by atoms with van der Waals surface area (Å²) in [6.07, 6.45) is 0. The largest absolute Gasteiger partial charge is 0.504 e. The number of hydrogen-bond acceptors (Lipinski definition) is 4. The van der Waals surface area contributed by atoms with Gasteiger partial charge in [0, 0.05) is 12.6 Å². The minimum absolute atomic E-state index is 0.0982. The van der Waals surface area contributed by atoms with Crippen molar-refractivity contribution in [1.82, 2.24) is 9.78 Å². The molecule has 1 heterocycles. The second-order valence-electron chi connectivity index (χ2n) is 6.21. The van der Waals surface area contributed by atoms with Crippen molar-refractivity contribution in [2.75, 3.05) is 0 Å². The topological polar surface area (TPSA) is 76.4 Å². The molecule has 0 fully saturated rings. The fourth-order valence-electron chi connectivity index (χ4n) is 2.27. The van der Waals surface area contributed by atoms with Crippen LogP contribution in [0.5, 0.6) is 5.75 Å². The van der Waals surface area contributed by atoms with E-state index in [1.165, 1.54) is 5.56 Å². The number of aryl methyl sites for hydroxylation is 1. The molecule has 0 radical (unpaired) electrons. The van der Waals surface area contributed by atoms with E-state index in [-0.39, 0.29) is 11.2 Å². The highest BCUT2D eigenvalue weighted by molar-refractivity contribution is 6.00. The van der Waals surface area contributed by atoms with Gasteiger partial charge in [0.25, 0.3) is 0 Å². The zero-order valence-corrected chi connectivity index (χ0v) is 13.2. The summed E-state index contributed by atoms with van der Waals surface area (Å²) >= 11 is 0. The van der Waals surface area contributed by atoms with Crippen molar-refractivity contribution in [1.29, 1.82) is 0 Å². The van der Waals surface area contributed by atoms with Gasteiger partial charge in [0.1, 0.15) is 5.69 Å². The molecule has 0 saturated heterocycles. The third kappa shape index (κ3) is 2.77. The average molecular weight is 286 g/mol. The monoisotopic (exact) mass is 286 g/mol. The first-order valence-corrected chi connectivity index (χ1v) is 6.87. The average Bonchev–Trinajstić information content (AvgIpc) is 2.72. The summed E-state index contributed by atoms with van der Waals surface area (Å²) in [7, 11) is 1.79. The first-order valence-electron chi connectivity index (χ1n) is 6.87. The second-order valence-corrected chi connectivity index (χ2v) is 6.21. The Morgan fingerprint density at radius 2 is 1.81 bits per heavy atom. The highest BCUT2D eigenvalue weighted by atomic mass is 16.3. The van der Waals surface area contributed by atoms with Gasteiger partial charge < -0.3 is 10.9 Å². The molecule has 1 aromatic carbocycles. The number of benzene rings is 1. The van der Waals surface area contributed by atoms with Crippen molar-refractivity contribution in [3.63, 3.8) is 0 Å². The minimum atomic E-state index is 0.0982. The molecule has 5 heteroatoms. The second kappa shape index (κ2) is 5.24. The third-order valence-corrected chi connectivity index (χ3v) is 3.58. The van der Waals surface area contributed by atoms with Crippen molar-refractivity contribution < 1.29 is 5.11 Å². The van der Waals surface area contributed by atoms with Gasteiger partial charge in [-0.25, -0.2) is 0 Å². The van der Waals surface area contributed by atoms with Crippen LogP contribution in [0.2, 0.25) is 0 Å². The number of hydrazone groups is 1. The maximum atomic E-state index is 10.4. The molecule has 0 atom stereocenters. The van der Waals surface area contributed by atoms with Crippen molar-refractivity contribution in [2.45, 2.75) is 33.1 Å². The molecule has 0 spiro atoms. The van der Waals surface area contributed by atoms with Gasteiger partial charge >= 0.3 is 0 Å². The van der Waals surface area contributed by atoms with Crippen LogP contribution in [0.25, 0.3) is 11.3 Å². The predicted octanol–water partition coefficient (Wildman–Crippen LogP) is 2.77. The quantitative estimate of drug-likeness (QED) is 0.506. The molecule has 3 N–H and O–H groups in total. The van der Waals surface area contributed by atoms with Crippen LogP contribution < -0.4 is 5.84 Å². The molecule has 0 unspecified atom stereocenters. The van der Waals surface area contributed by atoms with Crippen LogP contribution >= 0.6 is 0 Å². The molecule has 2 rings (SSSR count). The van der Waals surface area contributed by atoms with E-state index in [4.69, 9.17) is 5.84 Å². The standard InChI is InChI=1S/C16H22N4O/c1-10(18-17)13-15(21)14(20(5)19-13)11-6-8-12(9-7-11)16(2,3)4/h6-9,21H,17H2,1-5H3. The highest BCUT2D eigenvalue weighted by Crippen LogP contribution is 2.33. The van der Waals surface area contributed by atoms with Gasteiger partial charge in [0.2, 0.25) is 0 Å². The van der Waals surface area contributed by atoms with E-state index in [1.54, 1.807) is 18.7 Å². The lowest BCUT2D eigenvalue weighted by Gasteiger charge is -2.19. The number of nitrogens with two attached hydrogens (primary N) is 1. The van der Waals surface area contributed by atoms with Crippen molar-refractivity contribution in [3.8, 4) is 17.0 Å². The molecule has 0 aliphatic heterocycles. The number of hydrogen-bond donors (Lipinski definition) is 2. The van der Waals surface area contributed by atoms with Gasteiger partial charge in [-0.05, 0) is 17.9 Å². The van der Waals surface area contributed by atoms with E-state index in [0.717, 1.165) is 5.56 Å². The number of aromatic hydroxyl groups is 1. The maximum Gasteiger partial charge on any atom is 0.171 e. The molecule has 112 valence electrons. The van der Waals surface area contributed by atoms with Crippen LogP contribution in [-0.2, 0) is 12.5 Å². The van der Waals surface area contributed by atoms with Gasteiger partial charge in [-0.2, -0.15) is 10.2 Å². The van der Waals surface area contributed by atoms with Gasteiger partial charge in [0.05, 0.1) is 5.71 Å². The van der Waals surface area contributed by atoms with E-state index < -0.39 is 0 Å². The van der Waals surface area contributed by atoms with Gasteiger partial charge in [-0.3, -0.25) is 4.68 Å². The molecule has 5 nitrogen and oxygen atoms in total. The number of nitrogens with zero attached hydrogens (tertiary/aromatic N) is 3. The predicted molar refractivity (Wildman–Crippen MR) is 85.4 cm³/mol. The Balaban J connectivity index is 2.50. The van der Waals surface area contributed by atoms with E-state index in [9.17, 15) is 5.11 Å². The summed E-state index contributed by atoms with van der Waals surface area (Å²) in [5.74, 6) is 5.37. The van der Waals surface area contributed by atoms with Crippen molar-refractivity contribution >= 4 is 5.71 Å². The first-order chi connectivity index (χ1) is 9.75. The van der Waals surface area contributed by atoms with Crippen LogP contribution in [0.4, 0.5) is 0 Å². The normalized spacial score (nSPS) is 12.7. The minimum Gasteiger partial charge on any atom is -0.504 e. The van der Waals surface area contributed by atoms with Gasteiger partial charge in [-0.15, -0.1) is 0 Å². The molecule has 0 bridgehead atoms. The van der Waals surface area contributed by atoms with Gasteiger partial charge in [-0.1, -0.05) is 45.0 Å². The summed E-state index contributed by atoms with van der Waals surface area (Å²) in [5.41, 5.74) is 3.82. The molecule has 0 aliphatic rings. The Morgan fingerprint density at radius 3 is 2.29 bits per heavy atom. The summed E-state index contributed by atoms with van der Waals surface area (Å²) in [6.45, 7) is 8.22. The molecular formula is C16H22N4O. The highest BCUT2D eigenvalue weighted by Gasteiger charge is 2.20. The summed E-state index contributed by atoms with van der Waals surface area (Å²) in [4.78, 5) is 0. The zero-order chi connectivity index (χ0) is 15.8. The Bertz CT molecular complexity index is 676. The van der Waals surface area contributed by atoms with Crippen LogP contribution in [0.15, 0.2) is 29.4 Å². The fraction of sp³-hybridized carbons (Fsp3) is 0.375. The Kier molecular flexibility index (Phi) is 3.77. The summed E-state index contributed by atoms with van der Waals surface area (Å²) in [5, 5.41) is 18.3. The molecule has 0 saturated carbocycles. The van der Waals surface area contributed by atoms with Crippen LogP contribution in [0, 0.1) is 0 Å². The fourth-order valence-corrected chi connectivity index (χ4v) is 2.27. The van der Waals surface area contributed by atoms with Gasteiger partial charge in [0.15, 0.2) is 11.4 Å². The molecular weight excluding hydrogens is 264 g/mol. The van der Waals surface area contributed by atoms with Crippen LogP contribution in [0.1, 0.15) is 39.0 Å². The lowest BCUT2D eigenvalue weighted by molar-refractivity contribution is 0.475. The lowest BCUT2D eigenvalue weighted by atomic mass is 9.86. The van der Waals surface area contributed by atoms with Crippen molar-refractivity contribution in [2.24, 2.45) is 18.0 Å². The smallest absolute Gasteiger partial charge is 0.171 e. The first kappa shape index (κ1) is 15.1. The Hall–Kier alpha value is -2.30. The molecule has 0 aliphatic carbocycles. The summed E-state index contributed by atoms with van der Waals surface area (Å²) in [6, 6.07) is 8.14. The van der Waals surface area contributed by atoms with Crippen LogP contribution in [-0.4, -0.2) is 20.6 Å². The van der Waals surface area contributed by atoms with E-state index in [1.807, 2.05) is 12.1 Å². The SMILES string of the molecule is CC(=NN)c1nn(C)c(-c2ccc(C(C)(C)C)cc2)c1O. The summed E-state index contributed by atoms with van der Waals surface area (Å²) < 4.78 is 1.64. The lowest BCUT2D eigenvalue weighted by Crippen LogP contribution is -2.10. The van der Waals surface area contributed by atoms with E-state index in [2.05, 4.69) is 43.1 Å². The zero-order valence-electron chi connectivity index (χ0n) is 13.2. The number of rotatable bonds is 2.